The zero-order valence-corrected chi connectivity index (χ0v) is 13.6. The van der Waals surface area contributed by atoms with Crippen LogP contribution in [0.3, 0.4) is 0 Å². The predicted molar refractivity (Wildman–Crippen MR) is 83.2 cm³/mol. The van der Waals surface area contributed by atoms with E-state index in [9.17, 15) is 4.79 Å². The van der Waals surface area contributed by atoms with E-state index in [1.54, 1.807) is 4.68 Å². The molecular formula is C14H21BrN4O. The number of nitrogens with one attached hydrogen (secondary N) is 1. The topological polar surface area (TPSA) is 50.2 Å². The third-order valence-corrected chi connectivity index (χ3v) is 4.93. The van der Waals surface area contributed by atoms with Crippen molar-refractivity contribution in [1.29, 1.82) is 0 Å². The Morgan fingerprint density at radius 2 is 2.25 bits per heavy atom. The first-order valence-electron chi connectivity index (χ1n) is 7.23. The highest BCUT2D eigenvalue weighted by molar-refractivity contribution is 9.10. The lowest BCUT2D eigenvalue weighted by atomic mass is 9.99. The quantitative estimate of drug-likeness (QED) is 0.908. The van der Waals surface area contributed by atoms with Crippen LogP contribution in [-0.2, 0) is 6.54 Å². The molecule has 2 heterocycles. The zero-order valence-electron chi connectivity index (χ0n) is 12.0. The van der Waals surface area contributed by atoms with E-state index < -0.39 is 0 Å². The number of hydrogen-bond acceptors (Lipinski definition) is 4. The van der Waals surface area contributed by atoms with Crippen LogP contribution >= 0.6 is 15.9 Å². The van der Waals surface area contributed by atoms with Crippen LogP contribution in [-0.4, -0.2) is 35.0 Å². The first kappa shape index (κ1) is 14.1. The van der Waals surface area contributed by atoms with Gasteiger partial charge in [-0.2, -0.15) is 5.10 Å². The molecule has 1 aliphatic carbocycles. The van der Waals surface area contributed by atoms with Gasteiger partial charge in [0.1, 0.15) is 4.47 Å². The van der Waals surface area contributed by atoms with Gasteiger partial charge in [-0.1, -0.05) is 0 Å². The Morgan fingerprint density at radius 1 is 1.50 bits per heavy atom. The van der Waals surface area contributed by atoms with Gasteiger partial charge in [-0.3, -0.25) is 4.79 Å². The van der Waals surface area contributed by atoms with Crippen LogP contribution in [0.1, 0.15) is 26.7 Å². The molecule has 20 heavy (non-hydrogen) atoms. The number of rotatable bonds is 3. The first-order chi connectivity index (χ1) is 9.49. The van der Waals surface area contributed by atoms with Crippen molar-refractivity contribution in [3.8, 4) is 0 Å². The second-order valence-corrected chi connectivity index (χ2v) is 7.21. The monoisotopic (exact) mass is 340 g/mol. The number of piperazine rings is 1. The lowest BCUT2D eigenvalue weighted by Gasteiger charge is -2.44. The predicted octanol–water partition coefficient (Wildman–Crippen LogP) is 1.60. The molecule has 110 valence electrons. The molecule has 0 atom stereocenters. The highest BCUT2D eigenvalue weighted by Gasteiger charge is 2.32. The Labute approximate surface area is 127 Å². The molecule has 1 aromatic heterocycles. The minimum absolute atomic E-state index is 0.0104. The molecule has 1 aromatic rings. The normalized spacial score (nSPS) is 22.1. The van der Waals surface area contributed by atoms with Crippen LogP contribution in [0.25, 0.3) is 0 Å². The van der Waals surface area contributed by atoms with E-state index in [-0.39, 0.29) is 11.1 Å². The van der Waals surface area contributed by atoms with Gasteiger partial charge in [0.2, 0.25) is 0 Å². The molecule has 0 aromatic carbocycles. The van der Waals surface area contributed by atoms with E-state index in [0.29, 0.717) is 10.4 Å². The lowest BCUT2D eigenvalue weighted by Crippen LogP contribution is -2.58. The van der Waals surface area contributed by atoms with Gasteiger partial charge in [0.05, 0.1) is 11.9 Å². The molecule has 1 aliphatic heterocycles. The summed E-state index contributed by atoms with van der Waals surface area (Å²) in [5, 5.41) is 7.77. The first-order valence-corrected chi connectivity index (χ1v) is 8.02. The Kier molecular flexibility index (Phi) is 3.62. The summed E-state index contributed by atoms with van der Waals surface area (Å²) >= 11 is 3.49. The van der Waals surface area contributed by atoms with Crippen LogP contribution in [0, 0.1) is 5.92 Å². The molecule has 0 unspecified atom stereocenters. The lowest BCUT2D eigenvalue weighted by molar-refractivity contribution is 0.378. The number of hydrogen-bond donors (Lipinski definition) is 1. The second-order valence-electron chi connectivity index (χ2n) is 6.42. The molecule has 2 aliphatic rings. The molecule has 1 saturated heterocycles. The average Bonchev–Trinajstić information content (AvgIpc) is 3.20. The maximum atomic E-state index is 12.4. The van der Waals surface area contributed by atoms with Crippen molar-refractivity contribution in [2.45, 2.75) is 38.8 Å². The summed E-state index contributed by atoms with van der Waals surface area (Å²) in [6.07, 6.45) is 4.28. The van der Waals surface area contributed by atoms with Gasteiger partial charge < -0.3 is 10.2 Å². The van der Waals surface area contributed by atoms with E-state index >= 15 is 0 Å². The van der Waals surface area contributed by atoms with Gasteiger partial charge in [0.25, 0.3) is 5.56 Å². The van der Waals surface area contributed by atoms with Crippen LogP contribution in [0.4, 0.5) is 5.69 Å². The largest absolute Gasteiger partial charge is 0.361 e. The molecular weight excluding hydrogens is 320 g/mol. The molecule has 1 saturated carbocycles. The molecule has 5 nitrogen and oxygen atoms in total. The van der Waals surface area contributed by atoms with Crippen molar-refractivity contribution < 1.29 is 0 Å². The molecule has 2 fully saturated rings. The van der Waals surface area contributed by atoms with Crippen LogP contribution < -0.4 is 15.8 Å². The highest BCUT2D eigenvalue weighted by Crippen LogP contribution is 2.32. The Hall–Kier alpha value is -0.880. The van der Waals surface area contributed by atoms with Crippen molar-refractivity contribution in [3.05, 3.63) is 21.0 Å². The summed E-state index contributed by atoms with van der Waals surface area (Å²) in [6, 6.07) is 0. The third kappa shape index (κ3) is 2.63. The summed E-state index contributed by atoms with van der Waals surface area (Å²) in [5.74, 6) is 0.647. The minimum atomic E-state index is -0.0163. The summed E-state index contributed by atoms with van der Waals surface area (Å²) < 4.78 is 2.24. The van der Waals surface area contributed by atoms with Crippen LogP contribution in [0.15, 0.2) is 15.5 Å². The Morgan fingerprint density at radius 3 is 2.90 bits per heavy atom. The van der Waals surface area contributed by atoms with Gasteiger partial charge in [-0.15, -0.1) is 0 Å². The zero-order chi connectivity index (χ0) is 14.3. The van der Waals surface area contributed by atoms with Crippen LogP contribution in [0.2, 0.25) is 0 Å². The fourth-order valence-electron chi connectivity index (χ4n) is 2.75. The molecule has 0 spiro atoms. The minimum Gasteiger partial charge on any atom is -0.361 e. The van der Waals surface area contributed by atoms with Crippen molar-refractivity contribution in [3.63, 3.8) is 0 Å². The number of aromatic nitrogens is 2. The molecule has 3 rings (SSSR count). The van der Waals surface area contributed by atoms with E-state index in [1.807, 2.05) is 6.20 Å². The second kappa shape index (κ2) is 5.15. The van der Waals surface area contributed by atoms with Crippen molar-refractivity contribution >= 4 is 21.6 Å². The molecule has 6 heteroatoms. The standard InChI is InChI=1S/C14H21BrN4O/c1-14(2)9-16-5-6-18(14)11-7-17-19(8-10-3-4-10)13(20)12(11)15/h7,10,16H,3-6,8-9H2,1-2H3. The average molecular weight is 341 g/mol. The van der Waals surface area contributed by atoms with Gasteiger partial charge in [-0.25, -0.2) is 4.68 Å². The van der Waals surface area contributed by atoms with Gasteiger partial charge >= 0.3 is 0 Å². The van der Waals surface area contributed by atoms with Crippen molar-refractivity contribution in [2.75, 3.05) is 24.5 Å². The third-order valence-electron chi connectivity index (χ3n) is 4.19. The van der Waals surface area contributed by atoms with Gasteiger partial charge in [-0.05, 0) is 48.5 Å². The van der Waals surface area contributed by atoms with Crippen molar-refractivity contribution in [2.24, 2.45) is 5.92 Å². The summed E-state index contributed by atoms with van der Waals surface area (Å²) in [4.78, 5) is 14.7. The molecule has 0 amide bonds. The van der Waals surface area contributed by atoms with E-state index in [4.69, 9.17) is 0 Å². The van der Waals surface area contributed by atoms with Gasteiger partial charge in [0.15, 0.2) is 0 Å². The summed E-state index contributed by atoms with van der Waals surface area (Å²) in [6.45, 7) is 7.84. The summed E-state index contributed by atoms with van der Waals surface area (Å²) in [5.41, 5.74) is 0.884. The maximum absolute atomic E-state index is 12.4. The van der Waals surface area contributed by atoms with E-state index in [1.165, 1.54) is 12.8 Å². The van der Waals surface area contributed by atoms with Crippen molar-refractivity contribution in [1.82, 2.24) is 15.1 Å². The Bertz CT molecular complexity index is 565. The fourth-order valence-corrected chi connectivity index (χ4v) is 3.27. The Balaban J connectivity index is 1.93. The van der Waals surface area contributed by atoms with Crippen LogP contribution in [0.5, 0.6) is 0 Å². The molecule has 0 radical (unpaired) electrons. The fraction of sp³-hybridized carbons (Fsp3) is 0.714. The number of nitrogens with zero attached hydrogens (tertiary/aromatic N) is 3. The van der Waals surface area contributed by atoms with E-state index in [2.05, 4.69) is 45.1 Å². The highest BCUT2D eigenvalue weighted by atomic mass is 79.9. The van der Waals surface area contributed by atoms with E-state index in [0.717, 1.165) is 31.9 Å². The number of halogens is 1. The maximum Gasteiger partial charge on any atom is 0.283 e. The van der Waals surface area contributed by atoms with Gasteiger partial charge in [0, 0.05) is 31.7 Å². The number of anilines is 1. The smallest absolute Gasteiger partial charge is 0.283 e. The molecule has 1 N–H and O–H groups in total. The summed E-state index contributed by atoms with van der Waals surface area (Å²) in [7, 11) is 0. The molecule has 0 bridgehead atoms. The SMILES string of the molecule is CC1(C)CNCCN1c1cnn(CC2CC2)c(=O)c1Br.